The first-order valence-corrected chi connectivity index (χ1v) is 6.43. The summed E-state index contributed by atoms with van der Waals surface area (Å²) in [5.74, 6) is 0. The van der Waals surface area contributed by atoms with Crippen LogP contribution in [0.3, 0.4) is 0 Å². The van der Waals surface area contributed by atoms with Gasteiger partial charge >= 0.3 is 0 Å². The molecule has 104 valence electrons. The van der Waals surface area contributed by atoms with Crippen molar-refractivity contribution in [2.24, 2.45) is 5.16 Å². The molecule has 1 aliphatic rings. The SMILES string of the molecule is C=CCO/N=C1\c2ccccc2-c2nc(C#N)c(C#N)nc21. The number of fused-ring (bicyclic) bond motifs is 3. The van der Waals surface area contributed by atoms with Crippen molar-refractivity contribution in [1.82, 2.24) is 9.97 Å². The number of aromatic nitrogens is 2. The fourth-order valence-corrected chi connectivity index (χ4v) is 2.21. The first-order chi connectivity index (χ1) is 10.8. The third-order valence-electron chi connectivity index (χ3n) is 3.12. The Balaban J connectivity index is 2.25. The highest BCUT2D eigenvalue weighted by atomic mass is 16.6. The second kappa shape index (κ2) is 5.47. The van der Waals surface area contributed by atoms with Gasteiger partial charge in [0.15, 0.2) is 11.4 Å². The number of hydrogen-bond acceptors (Lipinski definition) is 6. The van der Waals surface area contributed by atoms with E-state index in [1.165, 1.54) is 0 Å². The van der Waals surface area contributed by atoms with Crippen molar-refractivity contribution in [3.8, 4) is 23.4 Å². The average Bonchev–Trinajstić information content (AvgIpc) is 2.87. The van der Waals surface area contributed by atoms with Gasteiger partial charge in [0.1, 0.15) is 35.8 Å². The third-order valence-corrected chi connectivity index (χ3v) is 3.12. The second-order valence-electron chi connectivity index (χ2n) is 4.41. The molecule has 0 bridgehead atoms. The van der Waals surface area contributed by atoms with Crippen LogP contribution in [0, 0.1) is 22.7 Å². The maximum absolute atomic E-state index is 9.11. The largest absolute Gasteiger partial charge is 0.391 e. The Bertz CT molecular complexity index is 886. The molecule has 2 aromatic rings. The van der Waals surface area contributed by atoms with Crippen LogP contribution >= 0.6 is 0 Å². The molecule has 22 heavy (non-hydrogen) atoms. The van der Waals surface area contributed by atoms with Crippen LogP contribution < -0.4 is 0 Å². The Hall–Kier alpha value is -3.51. The van der Waals surface area contributed by atoms with Gasteiger partial charge in [-0.25, -0.2) is 9.97 Å². The molecule has 0 fully saturated rings. The molecule has 1 aromatic carbocycles. The molecule has 0 atom stereocenters. The van der Waals surface area contributed by atoms with Gasteiger partial charge < -0.3 is 4.84 Å². The minimum atomic E-state index is -0.0227. The van der Waals surface area contributed by atoms with E-state index >= 15 is 0 Å². The summed E-state index contributed by atoms with van der Waals surface area (Å²) in [5, 5.41) is 22.3. The molecule has 0 saturated carbocycles. The summed E-state index contributed by atoms with van der Waals surface area (Å²) in [6, 6.07) is 11.2. The van der Waals surface area contributed by atoms with E-state index in [0.29, 0.717) is 17.1 Å². The Morgan fingerprint density at radius 1 is 1.09 bits per heavy atom. The van der Waals surface area contributed by atoms with E-state index in [9.17, 15) is 0 Å². The molecule has 0 radical (unpaired) electrons. The molecule has 0 saturated heterocycles. The first-order valence-electron chi connectivity index (χ1n) is 6.43. The number of nitriles is 2. The summed E-state index contributed by atoms with van der Waals surface area (Å²) >= 11 is 0. The standard InChI is InChI=1S/C16H9N5O/c1-2-7-22-21-15-11-6-4-3-5-10(11)14-16(15)20-13(9-18)12(8-17)19-14/h2-6H,1,7H2/b21-15+. The third kappa shape index (κ3) is 2.00. The molecule has 0 amide bonds. The lowest BCUT2D eigenvalue weighted by Crippen LogP contribution is -2.06. The van der Waals surface area contributed by atoms with E-state index in [1.54, 1.807) is 6.08 Å². The van der Waals surface area contributed by atoms with Gasteiger partial charge in [0.05, 0.1) is 0 Å². The van der Waals surface area contributed by atoms with Gasteiger partial charge in [-0.3, -0.25) is 0 Å². The Kier molecular flexibility index (Phi) is 3.35. The fraction of sp³-hybridized carbons (Fsp3) is 0.0625. The molecule has 6 heteroatoms. The molecule has 0 aliphatic heterocycles. The average molecular weight is 287 g/mol. The van der Waals surface area contributed by atoms with Crippen LogP contribution in [0.2, 0.25) is 0 Å². The molecular weight excluding hydrogens is 278 g/mol. The molecule has 0 spiro atoms. The van der Waals surface area contributed by atoms with Crippen LogP contribution in [-0.4, -0.2) is 22.3 Å². The Morgan fingerprint density at radius 3 is 2.36 bits per heavy atom. The number of benzene rings is 1. The topological polar surface area (TPSA) is 95.0 Å². The highest BCUT2D eigenvalue weighted by Crippen LogP contribution is 2.34. The molecule has 1 aliphatic carbocycles. The second-order valence-corrected chi connectivity index (χ2v) is 4.41. The van der Waals surface area contributed by atoms with E-state index in [4.69, 9.17) is 15.4 Å². The van der Waals surface area contributed by atoms with Crippen molar-refractivity contribution in [2.45, 2.75) is 0 Å². The van der Waals surface area contributed by atoms with Gasteiger partial charge in [-0.05, 0) is 0 Å². The smallest absolute Gasteiger partial charge is 0.177 e. The molecule has 1 aromatic heterocycles. The predicted molar refractivity (Wildman–Crippen MR) is 78.7 cm³/mol. The zero-order valence-corrected chi connectivity index (χ0v) is 11.4. The maximum atomic E-state index is 9.11. The zero-order valence-electron chi connectivity index (χ0n) is 11.4. The van der Waals surface area contributed by atoms with E-state index in [-0.39, 0.29) is 18.0 Å². The van der Waals surface area contributed by atoms with Crippen LogP contribution in [0.5, 0.6) is 0 Å². The van der Waals surface area contributed by atoms with Crippen LogP contribution in [0.4, 0.5) is 0 Å². The quantitative estimate of drug-likeness (QED) is 0.418. The highest BCUT2D eigenvalue weighted by molar-refractivity contribution is 6.22. The molecule has 1 heterocycles. The summed E-state index contributed by atoms with van der Waals surface area (Å²) in [4.78, 5) is 13.7. The van der Waals surface area contributed by atoms with Crippen molar-refractivity contribution in [2.75, 3.05) is 6.61 Å². The lowest BCUT2D eigenvalue weighted by atomic mass is 10.1. The number of oxime groups is 1. The minimum absolute atomic E-state index is 0.00399. The summed E-state index contributed by atoms with van der Waals surface area (Å²) in [7, 11) is 0. The van der Waals surface area contributed by atoms with Crippen LogP contribution in [0.1, 0.15) is 22.6 Å². The zero-order chi connectivity index (χ0) is 15.5. The van der Waals surface area contributed by atoms with E-state index in [2.05, 4.69) is 21.7 Å². The van der Waals surface area contributed by atoms with Crippen molar-refractivity contribution in [3.05, 3.63) is 59.6 Å². The van der Waals surface area contributed by atoms with Gasteiger partial charge in [-0.1, -0.05) is 42.1 Å². The van der Waals surface area contributed by atoms with Crippen LogP contribution in [0.25, 0.3) is 11.3 Å². The van der Waals surface area contributed by atoms with E-state index in [0.717, 1.165) is 11.1 Å². The summed E-state index contributed by atoms with van der Waals surface area (Å²) in [6.45, 7) is 3.82. The van der Waals surface area contributed by atoms with Crippen LogP contribution in [0.15, 0.2) is 42.1 Å². The fourth-order valence-electron chi connectivity index (χ4n) is 2.21. The van der Waals surface area contributed by atoms with Gasteiger partial charge in [0, 0.05) is 11.1 Å². The first kappa shape index (κ1) is 13.5. The molecule has 3 rings (SSSR count). The molecule has 0 unspecified atom stereocenters. The number of nitrogens with zero attached hydrogens (tertiary/aromatic N) is 5. The normalized spacial score (nSPS) is 12.9. The van der Waals surface area contributed by atoms with Crippen molar-refractivity contribution < 1.29 is 4.84 Å². The lowest BCUT2D eigenvalue weighted by Gasteiger charge is -2.01. The van der Waals surface area contributed by atoms with E-state index in [1.807, 2.05) is 36.4 Å². The van der Waals surface area contributed by atoms with Crippen molar-refractivity contribution in [3.63, 3.8) is 0 Å². The highest BCUT2D eigenvalue weighted by Gasteiger charge is 2.30. The van der Waals surface area contributed by atoms with E-state index < -0.39 is 0 Å². The number of rotatable bonds is 3. The summed E-state index contributed by atoms with van der Waals surface area (Å²) in [5.41, 5.74) is 3.08. The Morgan fingerprint density at radius 2 is 1.73 bits per heavy atom. The lowest BCUT2D eigenvalue weighted by molar-refractivity contribution is 0.175. The predicted octanol–water partition coefficient (Wildman–Crippen LogP) is 2.16. The van der Waals surface area contributed by atoms with Crippen molar-refractivity contribution >= 4 is 5.71 Å². The van der Waals surface area contributed by atoms with Gasteiger partial charge in [-0.2, -0.15) is 10.5 Å². The van der Waals surface area contributed by atoms with Gasteiger partial charge in [0.2, 0.25) is 0 Å². The molecule has 6 nitrogen and oxygen atoms in total. The monoisotopic (exact) mass is 287 g/mol. The van der Waals surface area contributed by atoms with Gasteiger partial charge in [-0.15, -0.1) is 0 Å². The maximum Gasteiger partial charge on any atom is 0.177 e. The van der Waals surface area contributed by atoms with Crippen LogP contribution in [-0.2, 0) is 4.84 Å². The molecule has 0 N–H and O–H groups in total. The Labute approximate surface area is 126 Å². The minimum Gasteiger partial charge on any atom is -0.391 e. The van der Waals surface area contributed by atoms with Gasteiger partial charge in [0.25, 0.3) is 0 Å². The van der Waals surface area contributed by atoms with Crippen molar-refractivity contribution in [1.29, 1.82) is 10.5 Å². The summed E-state index contributed by atoms with van der Waals surface area (Å²) in [6.07, 6.45) is 1.58. The molecular formula is C16H9N5O. The number of hydrogen-bond donors (Lipinski definition) is 0. The summed E-state index contributed by atoms with van der Waals surface area (Å²) < 4.78 is 0.